The summed E-state index contributed by atoms with van der Waals surface area (Å²) in [5.41, 5.74) is 2.08. The highest BCUT2D eigenvalue weighted by Gasteiger charge is 2.31. The molecular weight excluding hydrogens is 366 g/mol. The standard InChI is InChI=1S/C18H23N5O3S/c1-13(24)11-22-12-15(9-21-22)27(25,26)23-7-4-14(5-8-23)17-10-20-18-16(17)3-2-6-19-18/h2-3,6,9-10,12-14,24H,4-5,7-8,11H2,1H3,(H,19,20). The van der Waals surface area contributed by atoms with Gasteiger partial charge in [-0.3, -0.25) is 4.68 Å². The maximum absolute atomic E-state index is 12.9. The average molecular weight is 389 g/mol. The Balaban J connectivity index is 1.47. The van der Waals surface area contributed by atoms with Gasteiger partial charge >= 0.3 is 0 Å². The first-order chi connectivity index (χ1) is 12.9. The molecule has 1 aliphatic heterocycles. The SMILES string of the molecule is CC(O)Cn1cc(S(=O)(=O)N2CCC(c3c[nH]c4ncccc34)CC2)cn1. The van der Waals surface area contributed by atoms with Crippen molar-refractivity contribution in [2.45, 2.75) is 43.2 Å². The van der Waals surface area contributed by atoms with Gasteiger partial charge in [-0.1, -0.05) is 0 Å². The van der Waals surface area contributed by atoms with Crippen molar-refractivity contribution in [3.8, 4) is 0 Å². The van der Waals surface area contributed by atoms with Gasteiger partial charge in [-0.15, -0.1) is 0 Å². The quantitative estimate of drug-likeness (QED) is 0.691. The van der Waals surface area contributed by atoms with E-state index in [-0.39, 0.29) is 11.4 Å². The van der Waals surface area contributed by atoms with Crippen molar-refractivity contribution in [3.63, 3.8) is 0 Å². The zero-order chi connectivity index (χ0) is 19.0. The van der Waals surface area contributed by atoms with E-state index < -0.39 is 16.1 Å². The minimum Gasteiger partial charge on any atom is -0.391 e. The first-order valence-corrected chi connectivity index (χ1v) is 10.5. The van der Waals surface area contributed by atoms with E-state index in [1.807, 2.05) is 18.3 Å². The van der Waals surface area contributed by atoms with Gasteiger partial charge in [0.1, 0.15) is 10.5 Å². The molecule has 1 atom stereocenters. The van der Waals surface area contributed by atoms with Gasteiger partial charge in [-0.2, -0.15) is 9.40 Å². The summed E-state index contributed by atoms with van der Waals surface area (Å²) in [5.74, 6) is 0.312. The third-order valence-corrected chi connectivity index (χ3v) is 6.93. The Morgan fingerprint density at radius 3 is 2.89 bits per heavy atom. The van der Waals surface area contributed by atoms with E-state index in [9.17, 15) is 13.5 Å². The highest BCUT2D eigenvalue weighted by Crippen LogP contribution is 2.34. The van der Waals surface area contributed by atoms with Gasteiger partial charge in [-0.05, 0) is 43.4 Å². The summed E-state index contributed by atoms with van der Waals surface area (Å²) >= 11 is 0. The smallest absolute Gasteiger partial charge is 0.246 e. The lowest BCUT2D eigenvalue weighted by molar-refractivity contribution is 0.168. The molecule has 144 valence electrons. The van der Waals surface area contributed by atoms with Crippen LogP contribution in [-0.4, -0.2) is 56.8 Å². The van der Waals surface area contributed by atoms with Crippen molar-refractivity contribution in [2.75, 3.05) is 13.1 Å². The molecule has 4 heterocycles. The van der Waals surface area contributed by atoms with Crippen molar-refractivity contribution in [1.29, 1.82) is 0 Å². The van der Waals surface area contributed by atoms with E-state index in [4.69, 9.17) is 0 Å². The lowest BCUT2D eigenvalue weighted by Crippen LogP contribution is -2.37. The average Bonchev–Trinajstić information content (AvgIpc) is 3.28. The molecule has 0 aromatic carbocycles. The number of aliphatic hydroxyl groups is 1. The fourth-order valence-electron chi connectivity index (χ4n) is 3.72. The normalized spacial score (nSPS) is 18.1. The second-order valence-electron chi connectivity index (χ2n) is 7.07. The molecular formula is C18H23N5O3S. The number of aromatic nitrogens is 4. The molecule has 1 fully saturated rings. The third kappa shape index (κ3) is 3.50. The van der Waals surface area contributed by atoms with Crippen LogP contribution in [0.2, 0.25) is 0 Å². The molecule has 3 aromatic heterocycles. The molecule has 9 heteroatoms. The van der Waals surface area contributed by atoms with E-state index in [0.717, 1.165) is 23.9 Å². The molecule has 4 rings (SSSR count). The zero-order valence-electron chi connectivity index (χ0n) is 15.1. The number of nitrogens with zero attached hydrogens (tertiary/aromatic N) is 4. The number of aliphatic hydroxyl groups excluding tert-OH is 1. The van der Waals surface area contributed by atoms with E-state index in [1.165, 1.54) is 26.9 Å². The number of H-pyrrole nitrogens is 1. The van der Waals surface area contributed by atoms with Gasteiger partial charge in [0.25, 0.3) is 0 Å². The molecule has 0 saturated carbocycles. The van der Waals surface area contributed by atoms with Gasteiger partial charge < -0.3 is 10.1 Å². The van der Waals surface area contributed by atoms with Crippen LogP contribution in [0.3, 0.4) is 0 Å². The van der Waals surface area contributed by atoms with E-state index in [1.54, 1.807) is 13.1 Å². The molecule has 1 unspecified atom stereocenters. The number of pyridine rings is 1. The molecule has 3 aromatic rings. The van der Waals surface area contributed by atoms with Crippen molar-refractivity contribution >= 4 is 21.1 Å². The summed E-state index contributed by atoms with van der Waals surface area (Å²) in [7, 11) is -3.56. The Hall–Kier alpha value is -2.23. The van der Waals surface area contributed by atoms with Crippen molar-refractivity contribution in [1.82, 2.24) is 24.1 Å². The molecule has 27 heavy (non-hydrogen) atoms. The number of rotatable bonds is 5. The topological polar surface area (TPSA) is 104 Å². The molecule has 0 aliphatic carbocycles. The Morgan fingerprint density at radius 1 is 1.37 bits per heavy atom. The van der Waals surface area contributed by atoms with Crippen LogP contribution in [-0.2, 0) is 16.6 Å². The largest absolute Gasteiger partial charge is 0.391 e. The van der Waals surface area contributed by atoms with Crippen LogP contribution in [0.25, 0.3) is 11.0 Å². The second-order valence-corrected chi connectivity index (χ2v) is 9.01. The van der Waals surface area contributed by atoms with E-state index in [0.29, 0.717) is 19.0 Å². The number of nitrogens with one attached hydrogen (secondary N) is 1. The van der Waals surface area contributed by atoms with Gasteiger partial charge in [0, 0.05) is 37.1 Å². The van der Waals surface area contributed by atoms with Gasteiger partial charge in [0.05, 0.1) is 18.8 Å². The van der Waals surface area contributed by atoms with Crippen LogP contribution in [0.1, 0.15) is 31.2 Å². The number of fused-ring (bicyclic) bond motifs is 1. The molecule has 1 saturated heterocycles. The number of hydrogen-bond donors (Lipinski definition) is 2. The Kier molecular flexibility index (Phi) is 4.75. The number of piperidine rings is 1. The Bertz CT molecular complexity index is 1030. The predicted octanol–water partition coefficient (Wildman–Crippen LogP) is 1.71. The van der Waals surface area contributed by atoms with Crippen LogP contribution in [0, 0.1) is 0 Å². The molecule has 0 radical (unpaired) electrons. The molecule has 8 nitrogen and oxygen atoms in total. The highest BCUT2D eigenvalue weighted by atomic mass is 32.2. The van der Waals surface area contributed by atoms with Crippen LogP contribution in [0.4, 0.5) is 0 Å². The van der Waals surface area contributed by atoms with E-state index in [2.05, 4.69) is 15.1 Å². The van der Waals surface area contributed by atoms with Gasteiger partial charge in [-0.25, -0.2) is 13.4 Å². The van der Waals surface area contributed by atoms with Gasteiger partial charge in [0.2, 0.25) is 10.0 Å². The summed E-state index contributed by atoms with van der Waals surface area (Å²) in [6.07, 6.45) is 7.55. The monoisotopic (exact) mass is 389 g/mol. The fraction of sp³-hybridized carbons (Fsp3) is 0.444. The number of hydrogen-bond acceptors (Lipinski definition) is 5. The summed E-state index contributed by atoms with van der Waals surface area (Å²) in [5, 5.41) is 14.6. The molecule has 1 aliphatic rings. The minimum absolute atomic E-state index is 0.179. The van der Waals surface area contributed by atoms with Crippen LogP contribution in [0.5, 0.6) is 0 Å². The predicted molar refractivity (Wildman–Crippen MR) is 101 cm³/mol. The summed E-state index contributed by atoms with van der Waals surface area (Å²) < 4.78 is 28.8. The molecule has 2 N–H and O–H groups in total. The summed E-state index contributed by atoms with van der Waals surface area (Å²) in [6.45, 7) is 2.86. The Morgan fingerprint density at radius 2 is 2.15 bits per heavy atom. The van der Waals surface area contributed by atoms with Gasteiger partial charge in [0.15, 0.2) is 0 Å². The molecule has 0 spiro atoms. The van der Waals surface area contributed by atoms with Crippen molar-refractivity contribution in [2.24, 2.45) is 0 Å². The maximum Gasteiger partial charge on any atom is 0.246 e. The highest BCUT2D eigenvalue weighted by molar-refractivity contribution is 7.89. The third-order valence-electron chi connectivity index (χ3n) is 5.08. The number of sulfonamides is 1. The lowest BCUT2D eigenvalue weighted by Gasteiger charge is -2.30. The van der Waals surface area contributed by atoms with Crippen LogP contribution in [0.15, 0.2) is 41.8 Å². The molecule has 0 bridgehead atoms. The maximum atomic E-state index is 12.9. The molecule has 0 amide bonds. The number of aromatic amines is 1. The lowest BCUT2D eigenvalue weighted by atomic mass is 9.90. The Labute approximate surface area is 157 Å². The van der Waals surface area contributed by atoms with Crippen molar-refractivity contribution < 1.29 is 13.5 Å². The summed E-state index contributed by atoms with van der Waals surface area (Å²) in [4.78, 5) is 7.70. The second kappa shape index (κ2) is 7.06. The summed E-state index contributed by atoms with van der Waals surface area (Å²) in [6, 6.07) is 3.97. The van der Waals surface area contributed by atoms with Crippen LogP contribution < -0.4 is 0 Å². The van der Waals surface area contributed by atoms with E-state index >= 15 is 0 Å². The first kappa shape index (κ1) is 18.1. The van der Waals surface area contributed by atoms with Crippen molar-refractivity contribution in [3.05, 3.63) is 42.5 Å². The fourth-order valence-corrected chi connectivity index (χ4v) is 5.14. The zero-order valence-corrected chi connectivity index (χ0v) is 15.9. The first-order valence-electron chi connectivity index (χ1n) is 9.08. The van der Waals surface area contributed by atoms with Crippen LogP contribution >= 0.6 is 0 Å². The minimum atomic E-state index is -3.56.